The van der Waals surface area contributed by atoms with Gasteiger partial charge in [-0.2, -0.15) is 0 Å². The summed E-state index contributed by atoms with van der Waals surface area (Å²) < 4.78 is -2.38. The summed E-state index contributed by atoms with van der Waals surface area (Å²) in [6.07, 6.45) is 0. The number of rotatable bonds is 3. The van der Waals surface area contributed by atoms with Gasteiger partial charge in [-0.1, -0.05) is 39.1 Å². The molecule has 0 radical (unpaired) electrons. The van der Waals surface area contributed by atoms with Crippen LogP contribution in [0.1, 0.15) is 20.8 Å². The Morgan fingerprint density at radius 1 is 1.50 bits per heavy atom. The van der Waals surface area contributed by atoms with Crippen LogP contribution in [0, 0.1) is 0 Å². The molecule has 9 heteroatoms. The number of amides is 1. The molecular formula is C11H13BrCl3NO2S2. The van der Waals surface area contributed by atoms with Crippen molar-refractivity contribution >= 4 is 85.3 Å². The van der Waals surface area contributed by atoms with Crippen LogP contribution in [0.15, 0.2) is 0 Å². The Bertz CT molecular complexity index is 473. The quantitative estimate of drug-likeness (QED) is 0.493. The molecule has 0 saturated carbocycles. The standard InChI is InChI=1S/C11H13BrCl3NO2S2/c1-9(2)5(6(17)19-11(14,15)4-13)16-7(18)10(3,12)8(16)20-9/h5,8H,4H2,1-3H3/t5-,8+,10?/m0/s1. The second-order valence-corrected chi connectivity index (χ2v) is 12.3. The summed E-state index contributed by atoms with van der Waals surface area (Å²) in [6.45, 7) is 5.71. The number of carbonyl (C=O) groups is 2. The van der Waals surface area contributed by atoms with Gasteiger partial charge in [0.15, 0.2) is 3.67 Å². The lowest BCUT2D eigenvalue weighted by atomic mass is 9.93. The van der Waals surface area contributed by atoms with E-state index in [-0.39, 0.29) is 22.3 Å². The largest absolute Gasteiger partial charge is 0.315 e. The van der Waals surface area contributed by atoms with Gasteiger partial charge in [0.1, 0.15) is 15.7 Å². The summed E-state index contributed by atoms with van der Waals surface area (Å²) in [5.41, 5.74) is 0. The van der Waals surface area contributed by atoms with E-state index in [9.17, 15) is 9.59 Å². The number of hydrogen-bond donors (Lipinski definition) is 0. The molecule has 20 heavy (non-hydrogen) atoms. The van der Waals surface area contributed by atoms with Crippen molar-refractivity contribution in [1.82, 2.24) is 4.90 Å². The molecule has 2 saturated heterocycles. The summed E-state index contributed by atoms with van der Waals surface area (Å²) in [5, 5.41) is -0.289. The number of carbonyl (C=O) groups excluding carboxylic acids is 2. The first-order chi connectivity index (χ1) is 8.94. The fraction of sp³-hybridized carbons (Fsp3) is 0.818. The first-order valence-electron chi connectivity index (χ1n) is 5.80. The van der Waals surface area contributed by atoms with Gasteiger partial charge in [0.05, 0.1) is 5.88 Å². The predicted molar refractivity (Wildman–Crippen MR) is 91.2 cm³/mol. The van der Waals surface area contributed by atoms with Crippen molar-refractivity contribution in [3.8, 4) is 0 Å². The van der Waals surface area contributed by atoms with Crippen molar-refractivity contribution in [2.24, 2.45) is 0 Å². The second kappa shape index (κ2) is 5.38. The third-order valence-corrected chi connectivity index (χ3v) is 8.61. The molecule has 2 heterocycles. The Hall–Kier alpha value is 1.19. The highest BCUT2D eigenvalue weighted by Gasteiger charge is 2.68. The van der Waals surface area contributed by atoms with Crippen LogP contribution in [-0.4, -0.2) is 46.0 Å². The van der Waals surface area contributed by atoms with Crippen LogP contribution in [0.5, 0.6) is 0 Å². The Kier molecular flexibility index (Phi) is 4.72. The third kappa shape index (κ3) is 2.73. The second-order valence-electron chi connectivity index (χ2n) is 5.46. The monoisotopic (exact) mass is 439 g/mol. The van der Waals surface area contributed by atoms with Crippen LogP contribution in [0.2, 0.25) is 0 Å². The number of β-lactam (4-membered cyclic amide) rings is 1. The first-order valence-corrected chi connectivity index (χ1v) is 9.58. The lowest BCUT2D eigenvalue weighted by Gasteiger charge is -2.48. The van der Waals surface area contributed by atoms with E-state index < -0.39 is 18.8 Å². The van der Waals surface area contributed by atoms with Gasteiger partial charge in [-0.3, -0.25) is 9.59 Å². The molecule has 1 unspecified atom stereocenters. The molecule has 1 amide bonds. The number of thioether (sulfide) groups is 2. The lowest BCUT2D eigenvalue weighted by Crippen LogP contribution is -2.69. The van der Waals surface area contributed by atoms with Gasteiger partial charge in [0.25, 0.3) is 0 Å². The molecular weight excluding hydrogens is 429 g/mol. The zero-order valence-corrected chi connectivity index (χ0v) is 16.4. The summed E-state index contributed by atoms with van der Waals surface area (Å²) in [5.74, 6) is -0.152. The van der Waals surface area contributed by atoms with E-state index in [0.29, 0.717) is 0 Å². The van der Waals surface area contributed by atoms with Gasteiger partial charge in [0.2, 0.25) is 11.0 Å². The lowest BCUT2D eigenvalue weighted by molar-refractivity contribution is -0.150. The van der Waals surface area contributed by atoms with Gasteiger partial charge >= 0.3 is 0 Å². The van der Waals surface area contributed by atoms with Gasteiger partial charge in [-0.05, 0) is 32.5 Å². The molecule has 3 nitrogen and oxygen atoms in total. The normalized spacial score (nSPS) is 35.8. The van der Waals surface area contributed by atoms with E-state index in [1.165, 1.54) is 0 Å². The smallest absolute Gasteiger partial charge is 0.243 e. The van der Waals surface area contributed by atoms with E-state index in [1.54, 1.807) is 16.7 Å². The molecule has 2 aliphatic rings. The molecule has 0 bridgehead atoms. The van der Waals surface area contributed by atoms with Gasteiger partial charge in [0, 0.05) is 4.75 Å². The molecule has 0 aromatic heterocycles. The van der Waals surface area contributed by atoms with Crippen molar-refractivity contribution in [1.29, 1.82) is 0 Å². The van der Waals surface area contributed by atoms with E-state index in [1.807, 2.05) is 20.8 Å². The maximum atomic E-state index is 12.5. The Balaban J connectivity index is 2.23. The predicted octanol–water partition coefficient (Wildman–Crippen LogP) is 3.83. The number of alkyl halides is 4. The molecule has 0 N–H and O–H groups in total. The van der Waals surface area contributed by atoms with Crippen molar-refractivity contribution in [3.05, 3.63) is 0 Å². The first kappa shape index (κ1) is 17.5. The third-order valence-electron chi connectivity index (χ3n) is 3.35. The fourth-order valence-electron chi connectivity index (χ4n) is 2.39. The fourth-order valence-corrected chi connectivity index (χ4v) is 6.24. The van der Waals surface area contributed by atoms with E-state index >= 15 is 0 Å². The van der Waals surface area contributed by atoms with Gasteiger partial charge in [-0.25, -0.2) is 0 Å². The zero-order chi connectivity index (χ0) is 15.5. The molecule has 3 atom stereocenters. The van der Waals surface area contributed by atoms with Crippen LogP contribution >= 0.6 is 74.3 Å². The topological polar surface area (TPSA) is 37.4 Å². The number of nitrogens with zero attached hydrogens (tertiary/aromatic N) is 1. The van der Waals surface area contributed by atoms with Crippen LogP contribution < -0.4 is 0 Å². The van der Waals surface area contributed by atoms with Crippen molar-refractivity contribution in [3.63, 3.8) is 0 Å². The highest BCUT2D eigenvalue weighted by atomic mass is 79.9. The Labute approximate surface area is 149 Å². The summed E-state index contributed by atoms with van der Waals surface area (Å²) in [4.78, 5) is 26.3. The number of halogens is 4. The minimum Gasteiger partial charge on any atom is -0.315 e. The van der Waals surface area contributed by atoms with Crippen LogP contribution in [-0.2, 0) is 9.59 Å². The van der Waals surface area contributed by atoms with E-state index in [4.69, 9.17) is 34.8 Å². The van der Waals surface area contributed by atoms with Gasteiger partial charge < -0.3 is 4.90 Å². The SMILES string of the molecule is CC1(C)S[C@H]2N(C(=O)C2(C)Br)[C@H]1C(=O)SC(Cl)(Cl)CCl. The Morgan fingerprint density at radius 2 is 2.05 bits per heavy atom. The summed E-state index contributed by atoms with van der Waals surface area (Å²) >= 11 is 23.3. The molecule has 0 aliphatic carbocycles. The van der Waals surface area contributed by atoms with Crippen molar-refractivity contribution < 1.29 is 9.59 Å². The molecule has 2 aliphatic heterocycles. The van der Waals surface area contributed by atoms with Crippen LogP contribution in [0.3, 0.4) is 0 Å². The van der Waals surface area contributed by atoms with Crippen LogP contribution in [0.25, 0.3) is 0 Å². The summed E-state index contributed by atoms with van der Waals surface area (Å²) in [6, 6.07) is -0.555. The number of hydrogen-bond acceptors (Lipinski definition) is 4. The average molecular weight is 442 g/mol. The molecule has 0 aromatic carbocycles. The highest BCUT2D eigenvalue weighted by molar-refractivity contribution is 9.10. The minimum absolute atomic E-state index is 0.0596. The minimum atomic E-state index is -1.37. The number of fused-ring (bicyclic) bond motifs is 1. The van der Waals surface area contributed by atoms with E-state index in [0.717, 1.165) is 11.8 Å². The van der Waals surface area contributed by atoms with E-state index in [2.05, 4.69) is 15.9 Å². The molecule has 2 fully saturated rings. The van der Waals surface area contributed by atoms with Gasteiger partial charge in [-0.15, -0.1) is 23.4 Å². The maximum Gasteiger partial charge on any atom is 0.243 e. The zero-order valence-electron chi connectivity index (χ0n) is 11.0. The van der Waals surface area contributed by atoms with Crippen molar-refractivity contribution in [2.75, 3.05) is 5.88 Å². The molecule has 0 aromatic rings. The van der Waals surface area contributed by atoms with Crippen LogP contribution in [0.4, 0.5) is 0 Å². The molecule has 0 spiro atoms. The Morgan fingerprint density at radius 3 is 2.55 bits per heavy atom. The maximum absolute atomic E-state index is 12.5. The van der Waals surface area contributed by atoms with Crippen molar-refractivity contribution in [2.45, 2.75) is 44.9 Å². The highest BCUT2D eigenvalue weighted by Crippen LogP contribution is 2.58. The average Bonchev–Trinajstić information content (AvgIpc) is 2.58. The molecule has 114 valence electrons. The molecule has 2 rings (SSSR count). The summed E-state index contributed by atoms with van der Waals surface area (Å²) in [7, 11) is 0.